The molecule has 1 aromatic carbocycles. The Balaban J connectivity index is 2.49. The number of carboxylic acid groups (broad SMARTS) is 1. The maximum Gasteiger partial charge on any atom is 0.405 e. The van der Waals surface area contributed by atoms with Crippen LogP contribution in [0.15, 0.2) is 30.3 Å². The van der Waals surface area contributed by atoms with Crippen molar-refractivity contribution in [3.8, 4) is 0 Å². The molecule has 192 valence electrons. The summed E-state index contributed by atoms with van der Waals surface area (Å²) in [5, 5.41) is 26.2. The van der Waals surface area contributed by atoms with Gasteiger partial charge in [-0.25, -0.2) is 4.79 Å². The molecule has 0 aliphatic carbocycles. The summed E-state index contributed by atoms with van der Waals surface area (Å²) in [5.41, 5.74) is 0.929. The average molecular weight is 502 g/mol. The van der Waals surface area contributed by atoms with E-state index in [4.69, 9.17) is 14.2 Å². The fraction of sp³-hybridized carbons (Fsp3) is 0.591. The molecular weight excluding hydrogens is 465 g/mol. The fourth-order valence-corrected chi connectivity index (χ4v) is 4.74. The van der Waals surface area contributed by atoms with Gasteiger partial charge in [0.1, 0.15) is 12.2 Å². The van der Waals surface area contributed by atoms with Crippen molar-refractivity contribution < 1.29 is 38.2 Å². The maximum absolute atomic E-state index is 12.6. The van der Waals surface area contributed by atoms with Crippen LogP contribution in [0.25, 0.3) is 0 Å². The zero-order valence-electron chi connectivity index (χ0n) is 19.7. The highest BCUT2D eigenvalue weighted by molar-refractivity contribution is 7.54. The highest BCUT2D eigenvalue weighted by Crippen LogP contribution is 2.47. The van der Waals surface area contributed by atoms with Gasteiger partial charge in [-0.05, 0) is 45.1 Å². The number of benzene rings is 1. The van der Waals surface area contributed by atoms with Crippen LogP contribution in [0.3, 0.4) is 0 Å². The minimum Gasteiger partial charge on any atom is -0.465 e. The summed E-state index contributed by atoms with van der Waals surface area (Å²) in [5.74, 6) is -1.01. The SMILES string of the molecule is CCOP(=O)(CC(=O)NCCCCC(NC(=O)O)C(=O)NC(CO)Cc1ccccc1)OCC. The van der Waals surface area contributed by atoms with Crippen LogP contribution >= 0.6 is 7.60 Å². The summed E-state index contributed by atoms with van der Waals surface area (Å²) >= 11 is 0. The maximum atomic E-state index is 12.6. The molecule has 2 unspecified atom stereocenters. The fourth-order valence-electron chi connectivity index (χ4n) is 3.23. The molecule has 12 heteroatoms. The van der Waals surface area contributed by atoms with E-state index in [0.29, 0.717) is 19.3 Å². The van der Waals surface area contributed by atoms with E-state index in [1.807, 2.05) is 30.3 Å². The van der Waals surface area contributed by atoms with Gasteiger partial charge in [-0.3, -0.25) is 14.2 Å². The third-order valence-electron chi connectivity index (χ3n) is 4.74. The molecule has 0 spiro atoms. The van der Waals surface area contributed by atoms with Crippen LogP contribution in [0.2, 0.25) is 0 Å². The third kappa shape index (κ3) is 12.1. The molecule has 0 radical (unpaired) electrons. The topological polar surface area (TPSA) is 163 Å². The predicted octanol–water partition coefficient (Wildman–Crippen LogP) is 1.90. The lowest BCUT2D eigenvalue weighted by Crippen LogP contribution is -2.50. The van der Waals surface area contributed by atoms with Crippen molar-refractivity contribution >= 4 is 25.5 Å². The van der Waals surface area contributed by atoms with Gasteiger partial charge in [-0.1, -0.05) is 30.3 Å². The molecule has 0 fully saturated rings. The Morgan fingerprint density at radius 3 is 2.24 bits per heavy atom. The number of carbonyl (C=O) groups excluding carboxylic acids is 2. The molecule has 5 N–H and O–H groups in total. The standard InChI is InChI=1S/C22H36N3O8P/c1-3-32-34(31,33-4-2)16-20(27)23-13-9-8-12-19(25-22(29)30)21(28)24-18(15-26)14-17-10-6-5-7-11-17/h5-7,10-11,18-19,25-26H,3-4,8-9,12-16H2,1-2H3,(H,23,27)(H,24,28)(H,29,30). The van der Waals surface area contributed by atoms with Crippen LogP contribution in [0.5, 0.6) is 0 Å². The Hall–Kier alpha value is -2.46. The van der Waals surface area contributed by atoms with Crippen molar-refractivity contribution in [2.75, 3.05) is 32.5 Å². The Bertz CT molecular complexity index is 799. The molecule has 0 aliphatic rings. The van der Waals surface area contributed by atoms with Crippen LogP contribution in [0, 0.1) is 0 Å². The number of rotatable bonds is 17. The van der Waals surface area contributed by atoms with Gasteiger partial charge in [-0.15, -0.1) is 0 Å². The average Bonchev–Trinajstić information content (AvgIpc) is 2.78. The van der Waals surface area contributed by atoms with E-state index >= 15 is 0 Å². The molecule has 0 aliphatic heterocycles. The number of amides is 3. The molecule has 2 atom stereocenters. The van der Waals surface area contributed by atoms with Crippen molar-refractivity contribution in [3.63, 3.8) is 0 Å². The molecule has 0 aromatic heterocycles. The second-order valence-corrected chi connectivity index (χ2v) is 9.58. The van der Waals surface area contributed by atoms with Crippen LogP contribution in [-0.4, -0.2) is 72.7 Å². The second-order valence-electron chi connectivity index (χ2n) is 7.53. The van der Waals surface area contributed by atoms with E-state index in [9.17, 15) is 24.1 Å². The molecule has 11 nitrogen and oxygen atoms in total. The van der Waals surface area contributed by atoms with Crippen LogP contribution in [-0.2, 0) is 29.6 Å². The second kappa shape index (κ2) is 16.2. The summed E-state index contributed by atoms with van der Waals surface area (Å²) in [6.45, 7) is 3.60. The molecule has 0 saturated carbocycles. The first kappa shape index (κ1) is 29.6. The Labute approximate surface area is 200 Å². The first-order chi connectivity index (χ1) is 16.2. The van der Waals surface area contributed by atoms with Gasteiger partial charge < -0.3 is 35.2 Å². The van der Waals surface area contributed by atoms with E-state index in [0.717, 1.165) is 5.56 Å². The predicted molar refractivity (Wildman–Crippen MR) is 127 cm³/mol. The molecule has 1 rings (SSSR count). The normalized spacial score (nSPS) is 13.0. The van der Waals surface area contributed by atoms with Gasteiger partial charge in [0.05, 0.1) is 25.9 Å². The first-order valence-corrected chi connectivity index (χ1v) is 13.0. The minimum atomic E-state index is -3.48. The summed E-state index contributed by atoms with van der Waals surface area (Å²) in [6, 6.07) is 7.75. The Morgan fingerprint density at radius 1 is 1.03 bits per heavy atom. The Morgan fingerprint density at radius 2 is 1.68 bits per heavy atom. The molecule has 0 saturated heterocycles. The first-order valence-electron chi connectivity index (χ1n) is 11.3. The number of hydrogen-bond acceptors (Lipinski definition) is 7. The third-order valence-corrected chi connectivity index (χ3v) is 6.71. The van der Waals surface area contributed by atoms with Gasteiger partial charge in [0.25, 0.3) is 0 Å². The van der Waals surface area contributed by atoms with Crippen molar-refractivity contribution in [3.05, 3.63) is 35.9 Å². The number of nitrogens with one attached hydrogen (secondary N) is 3. The number of unbranched alkanes of at least 4 members (excludes halogenated alkanes) is 1. The lowest BCUT2D eigenvalue weighted by Gasteiger charge is -2.22. The zero-order valence-corrected chi connectivity index (χ0v) is 20.6. The van der Waals surface area contributed by atoms with E-state index in [1.54, 1.807) is 13.8 Å². The monoisotopic (exact) mass is 501 g/mol. The molecular formula is C22H36N3O8P. The highest BCUT2D eigenvalue weighted by Gasteiger charge is 2.27. The van der Waals surface area contributed by atoms with Crippen molar-refractivity contribution in [2.45, 2.75) is 51.6 Å². The Kier molecular flexibility index (Phi) is 14.1. The lowest BCUT2D eigenvalue weighted by molar-refractivity contribution is -0.124. The minimum absolute atomic E-state index is 0.160. The highest BCUT2D eigenvalue weighted by atomic mass is 31.2. The lowest BCUT2D eigenvalue weighted by atomic mass is 10.0. The van der Waals surface area contributed by atoms with Crippen molar-refractivity contribution in [1.29, 1.82) is 0 Å². The van der Waals surface area contributed by atoms with Crippen LogP contribution < -0.4 is 16.0 Å². The van der Waals surface area contributed by atoms with E-state index < -0.39 is 37.6 Å². The quantitative estimate of drug-likeness (QED) is 0.160. The number of carbonyl (C=O) groups is 3. The summed E-state index contributed by atoms with van der Waals surface area (Å²) in [7, 11) is -3.48. The molecule has 0 heterocycles. The number of aliphatic hydroxyl groups is 1. The molecule has 3 amide bonds. The van der Waals surface area contributed by atoms with E-state index in [1.165, 1.54) is 0 Å². The smallest absolute Gasteiger partial charge is 0.405 e. The number of aliphatic hydroxyl groups excluding tert-OH is 1. The van der Waals surface area contributed by atoms with Crippen LogP contribution in [0.4, 0.5) is 4.79 Å². The van der Waals surface area contributed by atoms with Crippen molar-refractivity contribution in [2.24, 2.45) is 0 Å². The molecule has 0 bridgehead atoms. The zero-order chi connectivity index (χ0) is 25.4. The summed E-state index contributed by atoms with van der Waals surface area (Å²) < 4.78 is 22.6. The largest absolute Gasteiger partial charge is 0.465 e. The van der Waals surface area contributed by atoms with Crippen LogP contribution in [0.1, 0.15) is 38.7 Å². The van der Waals surface area contributed by atoms with Crippen molar-refractivity contribution in [1.82, 2.24) is 16.0 Å². The van der Waals surface area contributed by atoms with Gasteiger partial charge in [0.15, 0.2) is 0 Å². The van der Waals surface area contributed by atoms with Gasteiger partial charge in [0, 0.05) is 6.54 Å². The van der Waals surface area contributed by atoms with E-state index in [2.05, 4.69) is 16.0 Å². The van der Waals surface area contributed by atoms with Gasteiger partial charge in [-0.2, -0.15) is 0 Å². The van der Waals surface area contributed by atoms with Gasteiger partial charge >= 0.3 is 13.7 Å². The number of hydrogen-bond donors (Lipinski definition) is 5. The van der Waals surface area contributed by atoms with E-state index in [-0.39, 0.29) is 38.9 Å². The summed E-state index contributed by atoms with van der Waals surface area (Å²) in [6.07, 6.45) is -0.201. The molecule has 1 aromatic rings. The molecule has 34 heavy (non-hydrogen) atoms. The van der Waals surface area contributed by atoms with Gasteiger partial charge in [0.2, 0.25) is 11.8 Å². The summed E-state index contributed by atoms with van der Waals surface area (Å²) in [4.78, 5) is 35.8.